The van der Waals surface area contributed by atoms with Gasteiger partial charge in [-0.3, -0.25) is 4.79 Å². The summed E-state index contributed by atoms with van der Waals surface area (Å²) < 4.78 is 12.9. The van der Waals surface area contributed by atoms with E-state index in [1.165, 1.54) is 12.7 Å². The molecule has 0 aliphatic carbocycles. The first-order chi connectivity index (χ1) is 18.0. The number of nitrogens with one attached hydrogen (secondary N) is 1. The van der Waals surface area contributed by atoms with Gasteiger partial charge in [0.25, 0.3) is 5.91 Å². The van der Waals surface area contributed by atoms with Crippen LogP contribution in [-0.4, -0.2) is 29.2 Å². The minimum absolute atomic E-state index is 0.141. The van der Waals surface area contributed by atoms with E-state index < -0.39 is 11.6 Å². The number of benzene rings is 3. The molecular formula is C31H33ClN2O4. The van der Waals surface area contributed by atoms with Crippen LogP contribution < -0.4 is 10.1 Å². The van der Waals surface area contributed by atoms with Gasteiger partial charge in [-0.05, 0) is 87.2 Å². The summed E-state index contributed by atoms with van der Waals surface area (Å²) in [5.74, 6) is 0.0241. The van der Waals surface area contributed by atoms with Crippen molar-refractivity contribution in [2.75, 3.05) is 7.11 Å². The van der Waals surface area contributed by atoms with Crippen LogP contribution in [0.2, 0.25) is 5.02 Å². The van der Waals surface area contributed by atoms with Crippen LogP contribution in [-0.2, 0) is 23.0 Å². The molecule has 1 N–H and O–H groups in total. The topological polar surface area (TPSA) is 69.6 Å². The molecule has 4 aromatic rings. The normalized spacial score (nSPS) is 12.3. The third-order valence-corrected chi connectivity index (χ3v) is 7.15. The second-order valence-electron chi connectivity index (χ2n) is 10.0. The van der Waals surface area contributed by atoms with Gasteiger partial charge in [0, 0.05) is 34.2 Å². The van der Waals surface area contributed by atoms with Crippen molar-refractivity contribution in [2.45, 2.75) is 45.8 Å². The molecule has 1 atom stereocenters. The summed E-state index contributed by atoms with van der Waals surface area (Å²) in [4.78, 5) is 25.1. The highest BCUT2D eigenvalue weighted by Gasteiger charge is 2.31. The number of esters is 1. The minimum atomic E-state index is -1.09. The molecule has 6 nitrogen and oxygen atoms in total. The molecule has 0 aliphatic heterocycles. The fourth-order valence-corrected chi connectivity index (χ4v) is 4.85. The number of methoxy groups -OCH3 is 1. The Morgan fingerprint density at radius 1 is 1.05 bits per heavy atom. The smallest absolute Gasteiger partial charge is 0.349 e. The number of hydrogen-bond acceptors (Lipinski definition) is 4. The second kappa shape index (κ2) is 10.9. The zero-order valence-corrected chi connectivity index (χ0v) is 23.3. The van der Waals surface area contributed by atoms with Crippen LogP contribution in [0.4, 0.5) is 0 Å². The fourth-order valence-electron chi connectivity index (χ4n) is 4.65. The molecule has 0 fully saturated rings. The summed E-state index contributed by atoms with van der Waals surface area (Å²) >= 11 is 6.11. The fraction of sp³-hybridized carbons (Fsp3) is 0.290. The van der Waals surface area contributed by atoms with Gasteiger partial charge in [0.05, 0.1) is 13.2 Å². The Bertz CT molecular complexity index is 1510. The van der Waals surface area contributed by atoms with Gasteiger partial charge in [-0.25, -0.2) is 4.79 Å². The molecule has 0 radical (unpaired) electrons. The molecule has 198 valence electrons. The van der Waals surface area contributed by atoms with Crippen molar-refractivity contribution in [2.24, 2.45) is 7.05 Å². The Morgan fingerprint density at radius 3 is 2.50 bits per heavy atom. The summed E-state index contributed by atoms with van der Waals surface area (Å²) in [7, 11) is 3.36. The van der Waals surface area contributed by atoms with Crippen LogP contribution in [0.3, 0.4) is 0 Å². The molecule has 3 aromatic carbocycles. The van der Waals surface area contributed by atoms with Gasteiger partial charge in [-0.2, -0.15) is 0 Å². The van der Waals surface area contributed by atoms with Crippen molar-refractivity contribution in [3.05, 3.63) is 99.7 Å². The van der Waals surface area contributed by atoms with E-state index in [2.05, 4.69) is 16.8 Å². The third-order valence-electron chi connectivity index (χ3n) is 6.91. The molecule has 0 spiro atoms. The van der Waals surface area contributed by atoms with Crippen LogP contribution in [0.15, 0.2) is 66.7 Å². The van der Waals surface area contributed by atoms with E-state index in [0.717, 1.165) is 27.7 Å². The molecule has 1 amide bonds. The van der Waals surface area contributed by atoms with Crippen LogP contribution in [0.1, 0.15) is 59.6 Å². The lowest BCUT2D eigenvalue weighted by Gasteiger charge is -2.23. The predicted molar refractivity (Wildman–Crippen MR) is 151 cm³/mol. The van der Waals surface area contributed by atoms with E-state index in [1.54, 1.807) is 13.8 Å². The van der Waals surface area contributed by atoms with Gasteiger partial charge >= 0.3 is 5.97 Å². The number of ether oxygens (including phenoxy) is 2. The third kappa shape index (κ3) is 5.70. The van der Waals surface area contributed by atoms with E-state index in [9.17, 15) is 9.59 Å². The number of aromatic nitrogens is 1. The molecule has 0 aliphatic rings. The summed E-state index contributed by atoms with van der Waals surface area (Å²) in [6.07, 6.45) is 0.677. The first-order valence-electron chi connectivity index (χ1n) is 12.5. The Morgan fingerprint density at radius 2 is 1.79 bits per heavy atom. The Balaban J connectivity index is 1.57. The number of aryl methyl sites for hydroxylation is 1. The molecule has 7 heteroatoms. The van der Waals surface area contributed by atoms with E-state index in [0.29, 0.717) is 22.8 Å². The van der Waals surface area contributed by atoms with Crippen molar-refractivity contribution in [1.29, 1.82) is 0 Å². The highest BCUT2D eigenvalue weighted by Crippen LogP contribution is 2.30. The number of halogens is 1. The standard InChI is InChI=1S/C31H33ClN2O4/c1-19(22-10-8-11-24(32)17-22)33-29(35)23-13-14-26-27(20(2)34(5)28(26)18-23)16-21-9-7-12-25(15-21)38-31(3,4)30(36)37-6/h7-15,17-19H,16H2,1-6H3,(H,33,35)/t19-/m0/s1. The minimum Gasteiger partial charge on any atom is -0.476 e. The van der Waals surface area contributed by atoms with Crippen molar-refractivity contribution < 1.29 is 19.1 Å². The Hall–Kier alpha value is -3.77. The number of hydrogen-bond donors (Lipinski definition) is 1. The monoisotopic (exact) mass is 532 g/mol. The van der Waals surface area contributed by atoms with Gasteiger partial charge in [-0.15, -0.1) is 0 Å². The van der Waals surface area contributed by atoms with Gasteiger partial charge in [0.2, 0.25) is 0 Å². The summed E-state index contributed by atoms with van der Waals surface area (Å²) in [5, 5.41) is 4.80. The lowest BCUT2D eigenvalue weighted by Crippen LogP contribution is -2.39. The van der Waals surface area contributed by atoms with Crippen LogP contribution in [0.5, 0.6) is 5.75 Å². The van der Waals surface area contributed by atoms with Crippen molar-refractivity contribution >= 4 is 34.4 Å². The van der Waals surface area contributed by atoms with Crippen molar-refractivity contribution in [1.82, 2.24) is 9.88 Å². The molecule has 0 bridgehead atoms. The zero-order valence-electron chi connectivity index (χ0n) is 22.6. The molecular weight excluding hydrogens is 500 g/mol. The molecule has 0 saturated carbocycles. The highest BCUT2D eigenvalue weighted by molar-refractivity contribution is 6.30. The predicted octanol–water partition coefficient (Wildman–Crippen LogP) is 6.55. The molecule has 0 saturated heterocycles. The van der Waals surface area contributed by atoms with E-state index >= 15 is 0 Å². The van der Waals surface area contributed by atoms with Crippen LogP contribution in [0.25, 0.3) is 10.9 Å². The van der Waals surface area contributed by atoms with Crippen LogP contribution >= 0.6 is 11.6 Å². The number of carbonyl (C=O) groups is 2. The van der Waals surface area contributed by atoms with E-state index in [4.69, 9.17) is 21.1 Å². The quantitative estimate of drug-likeness (QED) is 0.261. The number of nitrogens with zero attached hydrogens (tertiary/aromatic N) is 1. The average Bonchev–Trinajstić information content (AvgIpc) is 3.12. The number of rotatable bonds is 8. The maximum Gasteiger partial charge on any atom is 0.349 e. The van der Waals surface area contributed by atoms with Gasteiger partial charge < -0.3 is 19.4 Å². The molecule has 4 rings (SSSR count). The number of amides is 1. The molecule has 0 unspecified atom stereocenters. The molecule has 38 heavy (non-hydrogen) atoms. The first kappa shape index (κ1) is 27.3. The Labute approximate surface area is 228 Å². The average molecular weight is 533 g/mol. The lowest BCUT2D eigenvalue weighted by atomic mass is 10.0. The van der Waals surface area contributed by atoms with Gasteiger partial charge in [-0.1, -0.05) is 41.9 Å². The maximum absolute atomic E-state index is 13.1. The van der Waals surface area contributed by atoms with Crippen LogP contribution in [0, 0.1) is 6.92 Å². The van der Waals surface area contributed by atoms with Crippen molar-refractivity contribution in [3.8, 4) is 5.75 Å². The SMILES string of the molecule is COC(=O)C(C)(C)Oc1cccc(Cc2c(C)n(C)c3cc(C(=O)N[C@@H](C)c4cccc(Cl)c4)ccc23)c1. The summed E-state index contributed by atoms with van der Waals surface area (Å²) in [6, 6.07) is 20.9. The van der Waals surface area contributed by atoms with Crippen molar-refractivity contribution in [3.63, 3.8) is 0 Å². The molecule has 1 heterocycles. The Kier molecular flexibility index (Phi) is 7.83. The van der Waals surface area contributed by atoms with Gasteiger partial charge in [0.15, 0.2) is 5.60 Å². The summed E-state index contributed by atoms with van der Waals surface area (Å²) in [6.45, 7) is 7.39. The lowest BCUT2D eigenvalue weighted by molar-refractivity contribution is -0.156. The largest absolute Gasteiger partial charge is 0.476 e. The second-order valence-corrected chi connectivity index (χ2v) is 10.5. The molecule has 1 aromatic heterocycles. The zero-order chi connectivity index (χ0) is 27.6. The van der Waals surface area contributed by atoms with E-state index in [1.807, 2.05) is 80.7 Å². The van der Waals surface area contributed by atoms with E-state index in [-0.39, 0.29) is 11.9 Å². The number of fused-ring (bicyclic) bond motifs is 1. The maximum atomic E-state index is 13.1. The number of carbonyl (C=O) groups excluding carboxylic acids is 2. The summed E-state index contributed by atoms with van der Waals surface area (Å²) in [5.41, 5.74) is 4.78. The van der Waals surface area contributed by atoms with Gasteiger partial charge in [0.1, 0.15) is 5.75 Å². The highest BCUT2D eigenvalue weighted by atomic mass is 35.5. The first-order valence-corrected chi connectivity index (χ1v) is 12.9.